The Labute approximate surface area is 150 Å². The summed E-state index contributed by atoms with van der Waals surface area (Å²) in [6, 6.07) is 0. The predicted molar refractivity (Wildman–Crippen MR) is 101 cm³/mol. The molecule has 0 N–H and O–H groups in total. The monoisotopic (exact) mass is 340 g/mol. The highest BCUT2D eigenvalue weighted by molar-refractivity contribution is 5.10. The second-order valence-corrected chi connectivity index (χ2v) is 7.06. The third-order valence-electron chi connectivity index (χ3n) is 5.40. The van der Waals surface area contributed by atoms with Crippen LogP contribution in [0.5, 0.6) is 0 Å². The normalized spacial score (nSPS) is 17.9. The smallest absolute Gasteiger partial charge is 0.289 e. The maximum atomic E-state index is 5.73. The summed E-state index contributed by atoms with van der Waals surface area (Å²) in [5, 5.41) is 0. The molecule has 0 saturated carbocycles. The van der Waals surface area contributed by atoms with Crippen LogP contribution >= 0.6 is 0 Å². The molecule has 1 rings (SSSR count). The van der Waals surface area contributed by atoms with Gasteiger partial charge in [0.2, 0.25) is 0 Å². The summed E-state index contributed by atoms with van der Waals surface area (Å²) in [7, 11) is 5.10. The summed E-state index contributed by atoms with van der Waals surface area (Å²) in [5.41, 5.74) is 1.48. The number of ether oxygens (including phenoxy) is 3. The standard InChI is InChI=1S/C21H40O3/c1-5-6-7-8-12-15-18-20(21(22-2,23-3)24-4)19-16-13-10-9-11-14-17-19/h16,20H,5-15,17-18H2,1-4H3. The lowest BCUT2D eigenvalue weighted by Crippen LogP contribution is -2.45. The topological polar surface area (TPSA) is 27.7 Å². The van der Waals surface area contributed by atoms with Gasteiger partial charge in [-0.15, -0.1) is 0 Å². The summed E-state index contributed by atoms with van der Waals surface area (Å²) < 4.78 is 17.2. The van der Waals surface area contributed by atoms with Crippen molar-refractivity contribution in [2.45, 2.75) is 96.4 Å². The zero-order chi connectivity index (χ0) is 17.7. The number of unbranched alkanes of at least 4 members (excludes halogenated alkanes) is 5. The molecule has 0 heterocycles. The molecule has 0 aromatic carbocycles. The van der Waals surface area contributed by atoms with Gasteiger partial charge in [0, 0.05) is 21.3 Å². The Bertz CT molecular complexity index is 326. The quantitative estimate of drug-likeness (QED) is 0.239. The summed E-state index contributed by atoms with van der Waals surface area (Å²) in [6.45, 7) is 2.27. The average Bonchev–Trinajstić information content (AvgIpc) is 2.58. The molecule has 0 amide bonds. The van der Waals surface area contributed by atoms with Crippen LogP contribution in [0.15, 0.2) is 11.6 Å². The molecule has 1 atom stereocenters. The Kier molecular flexibility index (Phi) is 11.7. The lowest BCUT2D eigenvalue weighted by atomic mass is 9.85. The minimum Gasteiger partial charge on any atom is -0.330 e. The zero-order valence-electron chi connectivity index (χ0n) is 16.6. The van der Waals surface area contributed by atoms with E-state index in [-0.39, 0.29) is 5.92 Å². The molecule has 0 aliphatic heterocycles. The van der Waals surface area contributed by atoms with Gasteiger partial charge < -0.3 is 14.2 Å². The average molecular weight is 341 g/mol. The Morgan fingerprint density at radius 1 is 0.875 bits per heavy atom. The van der Waals surface area contributed by atoms with Gasteiger partial charge in [-0.05, 0) is 32.1 Å². The second kappa shape index (κ2) is 12.9. The molecule has 1 aliphatic carbocycles. The molecular formula is C21H40O3. The fourth-order valence-corrected chi connectivity index (χ4v) is 3.93. The van der Waals surface area contributed by atoms with Gasteiger partial charge in [0.05, 0.1) is 5.92 Å². The number of allylic oxidation sites excluding steroid dienone is 1. The molecule has 1 unspecified atom stereocenters. The second-order valence-electron chi connectivity index (χ2n) is 7.06. The van der Waals surface area contributed by atoms with Crippen molar-refractivity contribution in [3.8, 4) is 0 Å². The largest absolute Gasteiger partial charge is 0.330 e. The van der Waals surface area contributed by atoms with Gasteiger partial charge in [-0.3, -0.25) is 0 Å². The van der Waals surface area contributed by atoms with E-state index in [1.807, 2.05) is 0 Å². The maximum absolute atomic E-state index is 5.73. The van der Waals surface area contributed by atoms with Crippen molar-refractivity contribution < 1.29 is 14.2 Å². The fourth-order valence-electron chi connectivity index (χ4n) is 3.93. The highest BCUT2D eigenvalue weighted by atomic mass is 16.9. The van der Waals surface area contributed by atoms with E-state index < -0.39 is 5.97 Å². The van der Waals surface area contributed by atoms with Gasteiger partial charge >= 0.3 is 0 Å². The van der Waals surface area contributed by atoms with Crippen LogP contribution in [0, 0.1) is 5.92 Å². The third kappa shape index (κ3) is 6.85. The summed E-state index contributed by atoms with van der Waals surface area (Å²) in [4.78, 5) is 0. The van der Waals surface area contributed by atoms with Crippen molar-refractivity contribution in [1.29, 1.82) is 0 Å². The molecular weight excluding hydrogens is 300 g/mol. The molecule has 1 aliphatic rings. The molecule has 0 aromatic heterocycles. The molecule has 0 radical (unpaired) electrons. The van der Waals surface area contributed by atoms with Crippen LogP contribution in [0.4, 0.5) is 0 Å². The molecule has 0 bridgehead atoms. The van der Waals surface area contributed by atoms with Crippen molar-refractivity contribution in [1.82, 2.24) is 0 Å². The lowest BCUT2D eigenvalue weighted by molar-refractivity contribution is -0.374. The van der Waals surface area contributed by atoms with Gasteiger partial charge in [0.1, 0.15) is 0 Å². The Morgan fingerprint density at radius 2 is 1.50 bits per heavy atom. The van der Waals surface area contributed by atoms with E-state index in [2.05, 4.69) is 13.0 Å². The Hall–Kier alpha value is -0.380. The SMILES string of the molecule is CCCCCCCCC(C1=CCCCCCC1)C(OC)(OC)OC. The van der Waals surface area contributed by atoms with Gasteiger partial charge in [-0.2, -0.15) is 0 Å². The molecule has 0 spiro atoms. The van der Waals surface area contributed by atoms with Crippen molar-refractivity contribution in [3.05, 3.63) is 11.6 Å². The minimum atomic E-state index is -0.936. The predicted octanol–water partition coefficient (Wildman–Crippen LogP) is 6.23. The Balaban J connectivity index is 2.74. The zero-order valence-corrected chi connectivity index (χ0v) is 16.6. The van der Waals surface area contributed by atoms with Crippen LogP contribution in [0.2, 0.25) is 0 Å². The molecule has 142 valence electrons. The first-order valence-electron chi connectivity index (χ1n) is 10.1. The van der Waals surface area contributed by atoms with E-state index in [1.54, 1.807) is 21.3 Å². The van der Waals surface area contributed by atoms with E-state index in [4.69, 9.17) is 14.2 Å². The van der Waals surface area contributed by atoms with Crippen LogP contribution < -0.4 is 0 Å². The molecule has 3 nitrogen and oxygen atoms in total. The van der Waals surface area contributed by atoms with Gasteiger partial charge in [0.15, 0.2) is 0 Å². The van der Waals surface area contributed by atoms with Crippen molar-refractivity contribution in [3.63, 3.8) is 0 Å². The third-order valence-corrected chi connectivity index (χ3v) is 5.40. The maximum Gasteiger partial charge on any atom is 0.289 e. The van der Waals surface area contributed by atoms with Crippen molar-refractivity contribution in [2.24, 2.45) is 5.92 Å². The van der Waals surface area contributed by atoms with Gasteiger partial charge in [0.25, 0.3) is 5.97 Å². The van der Waals surface area contributed by atoms with E-state index in [0.717, 1.165) is 12.8 Å². The van der Waals surface area contributed by atoms with E-state index in [0.29, 0.717) is 0 Å². The van der Waals surface area contributed by atoms with Crippen LogP contribution in [0.1, 0.15) is 90.4 Å². The van der Waals surface area contributed by atoms with Crippen LogP contribution in [-0.4, -0.2) is 27.3 Å². The first kappa shape index (κ1) is 21.7. The highest BCUT2D eigenvalue weighted by Gasteiger charge is 2.41. The van der Waals surface area contributed by atoms with E-state index in [1.165, 1.54) is 76.2 Å². The fraction of sp³-hybridized carbons (Fsp3) is 0.905. The number of rotatable bonds is 12. The molecule has 0 saturated heterocycles. The van der Waals surface area contributed by atoms with Crippen molar-refractivity contribution >= 4 is 0 Å². The number of hydrogen-bond acceptors (Lipinski definition) is 3. The van der Waals surface area contributed by atoms with E-state index in [9.17, 15) is 0 Å². The minimum absolute atomic E-state index is 0.196. The molecule has 0 aromatic rings. The lowest BCUT2D eigenvalue weighted by Gasteiger charge is -2.38. The number of hydrogen-bond donors (Lipinski definition) is 0. The first-order chi connectivity index (χ1) is 11.7. The van der Waals surface area contributed by atoms with Crippen LogP contribution in [-0.2, 0) is 14.2 Å². The first-order valence-corrected chi connectivity index (χ1v) is 10.1. The van der Waals surface area contributed by atoms with Crippen LogP contribution in [0.25, 0.3) is 0 Å². The Morgan fingerprint density at radius 3 is 2.17 bits per heavy atom. The number of methoxy groups -OCH3 is 3. The van der Waals surface area contributed by atoms with Crippen LogP contribution in [0.3, 0.4) is 0 Å². The van der Waals surface area contributed by atoms with Crippen molar-refractivity contribution in [2.75, 3.05) is 21.3 Å². The molecule has 24 heavy (non-hydrogen) atoms. The summed E-state index contributed by atoms with van der Waals surface area (Å²) in [5.74, 6) is -0.740. The van der Waals surface area contributed by atoms with Gasteiger partial charge in [-0.1, -0.05) is 69.9 Å². The summed E-state index contributed by atoms with van der Waals surface area (Å²) in [6.07, 6.45) is 18.9. The highest BCUT2D eigenvalue weighted by Crippen LogP contribution is 2.37. The van der Waals surface area contributed by atoms with Gasteiger partial charge in [-0.25, -0.2) is 0 Å². The van der Waals surface area contributed by atoms with E-state index >= 15 is 0 Å². The molecule has 3 heteroatoms. The summed E-state index contributed by atoms with van der Waals surface area (Å²) >= 11 is 0. The molecule has 0 fully saturated rings.